The number of benzene rings is 1. The summed E-state index contributed by atoms with van der Waals surface area (Å²) in [6, 6.07) is 7.20. The van der Waals surface area contributed by atoms with E-state index >= 15 is 0 Å². The summed E-state index contributed by atoms with van der Waals surface area (Å²) in [5, 5.41) is 0. The molecule has 1 aromatic carbocycles. The molecule has 0 radical (unpaired) electrons. The van der Waals surface area contributed by atoms with Crippen LogP contribution in [0.15, 0.2) is 24.3 Å². The van der Waals surface area contributed by atoms with Gasteiger partial charge >= 0.3 is 5.97 Å². The number of ether oxygens (including phenoxy) is 1. The Bertz CT molecular complexity index is 485. The quantitative estimate of drug-likeness (QED) is 0.767. The number of esters is 1. The number of nitrogens with zero attached hydrogens (tertiary/aromatic N) is 1. The van der Waals surface area contributed by atoms with Gasteiger partial charge < -0.3 is 9.64 Å². The highest BCUT2D eigenvalue weighted by Crippen LogP contribution is 2.20. The summed E-state index contributed by atoms with van der Waals surface area (Å²) in [7, 11) is 0. The van der Waals surface area contributed by atoms with E-state index in [1.807, 2.05) is 37.8 Å². The van der Waals surface area contributed by atoms with Crippen molar-refractivity contribution in [3.63, 3.8) is 0 Å². The fourth-order valence-electron chi connectivity index (χ4n) is 2.00. The first-order valence-corrected chi connectivity index (χ1v) is 6.45. The van der Waals surface area contributed by atoms with Gasteiger partial charge in [-0.2, -0.15) is 0 Å². The molecule has 1 aliphatic heterocycles. The van der Waals surface area contributed by atoms with Crippen molar-refractivity contribution in [2.24, 2.45) is 0 Å². The maximum absolute atomic E-state index is 11.9. The van der Waals surface area contributed by atoms with E-state index < -0.39 is 5.60 Å². The molecule has 0 N–H and O–H groups in total. The Labute approximate surface area is 113 Å². The summed E-state index contributed by atoms with van der Waals surface area (Å²) in [4.78, 5) is 25.1. The molecule has 0 spiro atoms. The normalized spacial score (nSPS) is 15.7. The van der Waals surface area contributed by atoms with Crippen LogP contribution in [0.5, 0.6) is 0 Å². The number of hydrogen-bond acceptors (Lipinski definition) is 4. The smallest absolute Gasteiger partial charge is 0.338 e. The van der Waals surface area contributed by atoms with Gasteiger partial charge in [0.15, 0.2) is 5.78 Å². The van der Waals surface area contributed by atoms with Crippen molar-refractivity contribution in [3.8, 4) is 0 Å². The second-order valence-corrected chi connectivity index (χ2v) is 5.76. The van der Waals surface area contributed by atoms with Crippen molar-refractivity contribution in [1.29, 1.82) is 0 Å². The Kier molecular flexibility index (Phi) is 3.60. The summed E-state index contributed by atoms with van der Waals surface area (Å²) >= 11 is 0. The number of Topliss-reactive ketones (excluding diaryl/α,β-unsaturated/α-hetero) is 1. The van der Waals surface area contributed by atoms with Gasteiger partial charge in [0, 0.05) is 18.7 Å². The van der Waals surface area contributed by atoms with Crippen molar-refractivity contribution in [3.05, 3.63) is 29.8 Å². The van der Waals surface area contributed by atoms with E-state index in [2.05, 4.69) is 0 Å². The van der Waals surface area contributed by atoms with Crippen LogP contribution >= 0.6 is 0 Å². The van der Waals surface area contributed by atoms with Crippen molar-refractivity contribution in [1.82, 2.24) is 0 Å². The van der Waals surface area contributed by atoms with Crippen LogP contribution in [-0.2, 0) is 9.53 Å². The highest BCUT2D eigenvalue weighted by Gasteiger charge is 2.21. The number of carbonyl (C=O) groups excluding carboxylic acids is 2. The van der Waals surface area contributed by atoms with Gasteiger partial charge in [0.2, 0.25) is 0 Å². The van der Waals surface area contributed by atoms with Crippen LogP contribution in [0.2, 0.25) is 0 Å². The first-order chi connectivity index (χ1) is 8.85. The van der Waals surface area contributed by atoms with Gasteiger partial charge in [0.05, 0.1) is 12.1 Å². The van der Waals surface area contributed by atoms with E-state index in [0.717, 1.165) is 12.2 Å². The lowest BCUT2D eigenvalue weighted by atomic mass is 10.1. The number of rotatable bonds is 2. The largest absolute Gasteiger partial charge is 0.456 e. The third-order valence-corrected chi connectivity index (χ3v) is 2.89. The minimum absolute atomic E-state index is 0.260. The molecule has 0 bridgehead atoms. The van der Waals surface area contributed by atoms with Gasteiger partial charge in [0.1, 0.15) is 5.60 Å². The molecule has 1 aliphatic rings. The summed E-state index contributed by atoms with van der Waals surface area (Å²) in [6.45, 7) is 6.75. The van der Waals surface area contributed by atoms with E-state index in [1.165, 1.54) is 0 Å². The van der Waals surface area contributed by atoms with E-state index in [4.69, 9.17) is 4.74 Å². The molecule has 0 saturated carbocycles. The molecule has 19 heavy (non-hydrogen) atoms. The monoisotopic (exact) mass is 261 g/mol. The van der Waals surface area contributed by atoms with Crippen molar-refractivity contribution >= 4 is 17.4 Å². The zero-order valence-electron chi connectivity index (χ0n) is 11.6. The predicted molar refractivity (Wildman–Crippen MR) is 73.4 cm³/mol. The number of ketones is 1. The molecular formula is C15H19NO3. The van der Waals surface area contributed by atoms with Crippen LogP contribution in [0.4, 0.5) is 5.69 Å². The summed E-state index contributed by atoms with van der Waals surface area (Å²) < 4.78 is 5.30. The Balaban J connectivity index is 2.06. The Morgan fingerprint density at radius 1 is 1.21 bits per heavy atom. The van der Waals surface area contributed by atoms with Crippen LogP contribution in [0, 0.1) is 0 Å². The molecule has 0 aliphatic carbocycles. The maximum atomic E-state index is 11.9. The summed E-state index contributed by atoms with van der Waals surface area (Å²) in [6.07, 6.45) is 0.605. The van der Waals surface area contributed by atoms with Gasteiger partial charge in [-0.15, -0.1) is 0 Å². The molecular weight excluding hydrogens is 242 g/mol. The first-order valence-electron chi connectivity index (χ1n) is 6.45. The molecule has 1 fully saturated rings. The van der Waals surface area contributed by atoms with Gasteiger partial charge in [-0.3, -0.25) is 4.79 Å². The molecule has 4 nitrogen and oxygen atoms in total. The topological polar surface area (TPSA) is 46.6 Å². The van der Waals surface area contributed by atoms with Crippen molar-refractivity contribution in [2.75, 3.05) is 18.0 Å². The zero-order valence-corrected chi connectivity index (χ0v) is 11.6. The second kappa shape index (κ2) is 5.03. The SMILES string of the molecule is CC(C)(C)OC(=O)c1ccc(N2CCC(=O)C2)cc1. The molecule has 2 rings (SSSR count). The lowest BCUT2D eigenvalue weighted by molar-refractivity contribution is -0.116. The summed E-state index contributed by atoms with van der Waals surface area (Å²) in [5.41, 5.74) is 1.01. The van der Waals surface area contributed by atoms with Crippen molar-refractivity contribution < 1.29 is 14.3 Å². The van der Waals surface area contributed by atoms with Crippen LogP contribution in [0.1, 0.15) is 37.6 Å². The van der Waals surface area contributed by atoms with Crippen LogP contribution in [0.25, 0.3) is 0 Å². The molecule has 102 valence electrons. The highest BCUT2D eigenvalue weighted by molar-refractivity contribution is 5.91. The average Bonchev–Trinajstić information content (AvgIpc) is 2.74. The number of carbonyl (C=O) groups is 2. The molecule has 0 amide bonds. The first kappa shape index (κ1) is 13.6. The molecule has 0 atom stereocenters. The number of hydrogen-bond donors (Lipinski definition) is 0. The van der Waals surface area contributed by atoms with Gasteiger partial charge in [-0.05, 0) is 45.0 Å². The lowest BCUT2D eigenvalue weighted by Gasteiger charge is -2.20. The van der Waals surface area contributed by atoms with Crippen LogP contribution in [0.3, 0.4) is 0 Å². The van der Waals surface area contributed by atoms with E-state index in [0.29, 0.717) is 18.5 Å². The lowest BCUT2D eigenvalue weighted by Crippen LogP contribution is -2.24. The van der Waals surface area contributed by atoms with Crippen LogP contribution in [-0.4, -0.2) is 30.4 Å². The molecule has 1 aromatic rings. The van der Waals surface area contributed by atoms with E-state index in [9.17, 15) is 9.59 Å². The fraction of sp³-hybridized carbons (Fsp3) is 0.467. The zero-order chi connectivity index (χ0) is 14.0. The molecule has 4 heteroatoms. The van der Waals surface area contributed by atoms with E-state index in [-0.39, 0.29) is 11.8 Å². The standard InChI is InChI=1S/C15H19NO3/c1-15(2,3)19-14(18)11-4-6-12(7-5-11)16-9-8-13(17)10-16/h4-7H,8-10H2,1-3H3. The van der Waals surface area contributed by atoms with Crippen molar-refractivity contribution in [2.45, 2.75) is 32.8 Å². The molecule has 1 heterocycles. The minimum atomic E-state index is -0.489. The van der Waals surface area contributed by atoms with Gasteiger partial charge in [0.25, 0.3) is 0 Å². The van der Waals surface area contributed by atoms with Crippen LogP contribution < -0.4 is 4.90 Å². The Morgan fingerprint density at radius 2 is 1.84 bits per heavy atom. The average molecular weight is 261 g/mol. The molecule has 0 aromatic heterocycles. The fourth-order valence-corrected chi connectivity index (χ4v) is 2.00. The Morgan fingerprint density at radius 3 is 2.32 bits per heavy atom. The minimum Gasteiger partial charge on any atom is -0.456 e. The Hall–Kier alpha value is -1.84. The molecule has 0 unspecified atom stereocenters. The molecule has 1 saturated heterocycles. The third kappa shape index (κ3) is 3.56. The predicted octanol–water partition coefficient (Wildman–Crippen LogP) is 2.42. The van der Waals surface area contributed by atoms with E-state index in [1.54, 1.807) is 12.1 Å². The number of anilines is 1. The third-order valence-electron chi connectivity index (χ3n) is 2.89. The second-order valence-electron chi connectivity index (χ2n) is 5.76. The maximum Gasteiger partial charge on any atom is 0.338 e. The summed E-state index contributed by atoms with van der Waals surface area (Å²) in [5.74, 6) is -0.0623. The van der Waals surface area contributed by atoms with Gasteiger partial charge in [-0.1, -0.05) is 0 Å². The highest BCUT2D eigenvalue weighted by atomic mass is 16.6. The van der Waals surface area contributed by atoms with Gasteiger partial charge in [-0.25, -0.2) is 4.79 Å².